The van der Waals surface area contributed by atoms with Crippen LogP contribution < -0.4 is 5.73 Å². The summed E-state index contributed by atoms with van der Waals surface area (Å²) in [5.41, 5.74) is 6.64. The Bertz CT molecular complexity index is 209. The largest absolute Gasteiger partial charge is 0.381 e. The Balaban J connectivity index is 2.49. The minimum absolute atomic E-state index is 0.0914. The first kappa shape index (κ1) is 9.42. The van der Waals surface area contributed by atoms with E-state index in [9.17, 15) is 4.39 Å². The van der Waals surface area contributed by atoms with Gasteiger partial charge in [0.2, 0.25) is 0 Å². The molecule has 1 atom stereocenters. The van der Waals surface area contributed by atoms with Gasteiger partial charge in [0.15, 0.2) is 0 Å². The van der Waals surface area contributed by atoms with Crippen LogP contribution in [0, 0.1) is 5.92 Å². The summed E-state index contributed by atoms with van der Waals surface area (Å²) < 4.78 is 17.3. The molecule has 0 spiro atoms. The van der Waals surface area contributed by atoms with Crippen molar-refractivity contribution in [2.24, 2.45) is 11.7 Å². The fraction of sp³-hybridized carbons (Fsp3) is 0.556. The maximum absolute atomic E-state index is 12.3. The zero-order valence-corrected chi connectivity index (χ0v) is 7.22. The molecule has 3 heteroatoms. The predicted octanol–water partition coefficient (Wildman–Crippen LogP) is 1.39. The van der Waals surface area contributed by atoms with Gasteiger partial charge < -0.3 is 10.5 Å². The SMILES string of the molecule is C=C(F)/C=C(\C)[C@H](N)C1COC1. The van der Waals surface area contributed by atoms with Crippen LogP contribution in [0.1, 0.15) is 6.92 Å². The molecule has 0 aliphatic carbocycles. The summed E-state index contributed by atoms with van der Waals surface area (Å²) in [6.45, 7) is 6.34. The topological polar surface area (TPSA) is 35.2 Å². The molecule has 0 amide bonds. The number of hydrogen-bond acceptors (Lipinski definition) is 2. The van der Waals surface area contributed by atoms with Crippen molar-refractivity contribution in [1.29, 1.82) is 0 Å². The smallest absolute Gasteiger partial charge is 0.116 e. The normalized spacial score (nSPS) is 21.8. The van der Waals surface area contributed by atoms with Gasteiger partial charge in [-0.25, -0.2) is 4.39 Å². The summed E-state index contributed by atoms with van der Waals surface area (Å²) in [7, 11) is 0. The highest BCUT2D eigenvalue weighted by molar-refractivity contribution is 5.19. The number of halogens is 1. The average Bonchev–Trinajstić information content (AvgIpc) is 1.81. The van der Waals surface area contributed by atoms with Gasteiger partial charge in [0.05, 0.1) is 13.2 Å². The second-order valence-electron chi connectivity index (χ2n) is 3.16. The van der Waals surface area contributed by atoms with Gasteiger partial charge in [-0.05, 0) is 13.0 Å². The minimum atomic E-state index is -0.441. The van der Waals surface area contributed by atoms with E-state index in [-0.39, 0.29) is 6.04 Å². The molecule has 0 aromatic rings. The van der Waals surface area contributed by atoms with Crippen LogP contribution in [0.2, 0.25) is 0 Å². The molecule has 1 heterocycles. The summed E-state index contributed by atoms with van der Waals surface area (Å²) in [4.78, 5) is 0. The highest BCUT2D eigenvalue weighted by Crippen LogP contribution is 2.19. The van der Waals surface area contributed by atoms with Crippen LogP contribution in [-0.2, 0) is 4.74 Å². The van der Waals surface area contributed by atoms with Crippen LogP contribution in [0.3, 0.4) is 0 Å². The average molecular weight is 171 g/mol. The lowest BCUT2D eigenvalue weighted by Crippen LogP contribution is -2.43. The Kier molecular flexibility index (Phi) is 3.00. The molecule has 1 saturated heterocycles. The molecule has 1 rings (SSSR count). The molecule has 0 aromatic heterocycles. The van der Waals surface area contributed by atoms with Crippen molar-refractivity contribution in [1.82, 2.24) is 0 Å². The molecular weight excluding hydrogens is 157 g/mol. The first-order valence-electron chi connectivity index (χ1n) is 3.97. The van der Waals surface area contributed by atoms with E-state index in [1.165, 1.54) is 6.08 Å². The van der Waals surface area contributed by atoms with Crippen LogP contribution in [0.25, 0.3) is 0 Å². The first-order chi connectivity index (χ1) is 5.61. The van der Waals surface area contributed by atoms with Crippen molar-refractivity contribution < 1.29 is 9.13 Å². The zero-order valence-electron chi connectivity index (χ0n) is 7.22. The third kappa shape index (κ3) is 2.16. The Hall–Kier alpha value is -0.670. The van der Waals surface area contributed by atoms with Gasteiger partial charge in [0.1, 0.15) is 5.83 Å². The molecule has 1 fully saturated rings. The molecule has 0 radical (unpaired) electrons. The van der Waals surface area contributed by atoms with Crippen molar-refractivity contribution in [2.45, 2.75) is 13.0 Å². The number of ether oxygens (including phenoxy) is 1. The Morgan fingerprint density at radius 2 is 2.33 bits per heavy atom. The molecule has 68 valence electrons. The van der Waals surface area contributed by atoms with E-state index in [0.717, 1.165) is 5.57 Å². The molecular formula is C9H14FNO. The molecule has 0 saturated carbocycles. The van der Waals surface area contributed by atoms with Crippen molar-refractivity contribution in [3.63, 3.8) is 0 Å². The zero-order chi connectivity index (χ0) is 9.14. The minimum Gasteiger partial charge on any atom is -0.381 e. The first-order valence-corrected chi connectivity index (χ1v) is 3.97. The van der Waals surface area contributed by atoms with Gasteiger partial charge in [0.25, 0.3) is 0 Å². The maximum Gasteiger partial charge on any atom is 0.116 e. The van der Waals surface area contributed by atoms with E-state index in [1.54, 1.807) is 0 Å². The second-order valence-corrected chi connectivity index (χ2v) is 3.16. The predicted molar refractivity (Wildman–Crippen MR) is 46.3 cm³/mol. The van der Waals surface area contributed by atoms with Crippen molar-refractivity contribution in [2.75, 3.05) is 13.2 Å². The molecule has 0 bridgehead atoms. The highest BCUT2D eigenvalue weighted by Gasteiger charge is 2.26. The van der Waals surface area contributed by atoms with Crippen molar-refractivity contribution in [3.8, 4) is 0 Å². The van der Waals surface area contributed by atoms with Gasteiger partial charge in [-0.1, -0.05) is 12.2 Å². The van der Waals surface area contributed by atoms with E-state index < -0.39 is 5.83 Å². The summed E-state index contributed by atoms with van der Waals surface area (Å²) in [5, 5.41) is 0. The van der Waals surface area contributed by atoms with Crippen LogP contribution in [0.5, 0.6) is 0 Å². The summed E-state index contributed by atoms with van der Waals surface area (Å²) in [5.74, 6) is -0.0937. The van der Waals surface area contributed by atoms with Gasteiger partial charge in [-0.15, -0.1) is 0 Å². The third-order valence-electron chi connectivity index (χ3n) is 2.08. The van der Waals surface area contributed by atoms with E-state index >= 15 is 0 Å². The number of rotatable bonds is 3. The quantitative estimate of drug-likeness (QED) is 0.651. The van der Waals surface area contributed by atoms with E-state index in [4.69, 9.17) is 10.5 Å². The fourth-order valence-electron chi connectivity index (χ4n) is 1.18. The van der Waals surface area contributed by atoms with Crippen molar-refractivity contribution >= 4 is 0 Å². The lowest BCUT2D eigenvalue weighted by atomic mass is 9.93. The molecule has 2 nitrogen and oxygen atoms in total. The van der Waals surface area contributed by atoms with E-state index in [2.05, 4.69) is 6.58 Å². The summed E-state index contributed by atoms with van der Waals surface area (Å²) >= 11 is 0. The van der Waals surface area contributed by atoms with E-state index in [0.29, 0.717) is 19.1 Å². The molecule has 1 aliphatic rings. The fourth-order valence-corrected chi connectivity index (χ4v) is 1.18. The molecule has 0 unspecified atom stereocenters. The van der Waals surface area contributed by atoms with Gasteiger partial charge in [0, 0.05) is 12.0 Å². The Morgan fingerprint density at radius 1 is 1.75 bits per heavy atom. The summed E-state index contributed by atoms with van der Waals surface area (Å²) in [6, 6.07) is -0.0914. The van der Waals surface area contributed by atoms with Crippen LogP contribution in [0.4, 0.5) is 4.39 Å². The number of allylic oxidation sites excluding steroid dienone is 2. The standard InChI is InChI=1S/C9H14FNO/c1-6(3-7(2)10)9(11)8-4-12-5-8/h3,8-9H,2,4-5,11H2,1H3/b6-3+/t9-/m0/s1. The maximum atomic E-state index is 12.3. The van der Waals surface area contributed by atoms with Crippen LogP contribution in [0.15, 0.2) is 24.1 Å². The molecule has 12 heavy (non-hydrogen) atoms. The summed E-state index contributed by atoms with van der Waals surface area (Å²) in [6.07, 6.45) is 1.38. The van der Waals surface area contributed by atoms with Gasteiger partial charge >= 0.3 is 0 Å². The molecule has 1 aliphatic heterocycles. The van der Waals surface area contributed by atoms with Crippen molar-refractivity contribution in [3.05, 3.63) is 24.1 Å². The van der Waals surface area contributed by atoms with Crippen LogP contribution >= 0.6 is 0 Å². The monoisotopic (exact) mass is 171 g/mol. The third-order valence-corrected chi connectivity index (χ3v) is 2.08. The number of nitrogens with two attached hydrogens (primary N) is 1. The van der Waals surface area contributed by atoms with Gasteiger partial charge in [-0.2, -0.15) is 0 Å². The lowest BCUT2D eigenvalue weighted by molar-refractivity contribution is -0.0384. The second kappa shape index (κ2) is 3.83. The lowest BCUT2D eigenvalue weighted by Gasteiger charge is -2.31. The highest BCUT2D eigenvalue weighted by atomic mass is 19.1. The Morgan fingerprint density at radius 3 is 2.67 bits per heavy atom. The Labute approximate surface area is 71.9 Å². The van der Waals surface area contributed by atoms with Crippen LogP contribution in [-0.4, -0.2) is 19.3 Å². The molecule has 2 N–H and O–H groups in total. The van der Waals surface area contributed by atoms with Gasteiger partial charge in [-0.3, -0.25) is 0 Å². The number of hydrogen-bond donors (Lipinski definition) is 1. The molecule has 0 aromatic carbocycles. The van der Waals surface area contributed by atoms with E-state index in [1.807, 2.05) is 6.92 Å².